The Bertz CT molecular complexity index is 1130. The summed E-state index contributed by atoms with van der Waals surface area (Å²) in [4.78, 5) is 28.2. The summed E-state index contributed by atoms with van der Waals surface area (Å²) in [5.74, 6) is -0.654. The fraction of sp³-hybridized carbons (Fsp3) is 0.0476. The average Bonchev–Trinajstić information content (AvgIpc) is 3.34. The van der Waals surface area contributed by atoms with Gasteiger partial charge in [0, 0.05) is 18.0 Å². The van der Waals surface area contributed by atoms with Crippen molar-refractivity contribution in [2.45, 2.75) is 6.61 Å². The second-order valence-electron chi connectivity index (χ2n) is 6.17. The van der Waals surface area contributed by atoms with E-state index < -0.39 is 5.97 Å². The number of hydrogen-bond donors (Lipinski definition) is 2. The molecule has 0 aliphatic carbocycles. The number of aromatic nitrogens is 1. The molecule has 2 N–H and O–H groups in total. The zero-order valence-corrected chi connectivity index (χ0v) is 15.0. The highest BCUT2D eigenvalue weighted by atomic mass is 16.4. The van der Waals surface area contributed by atoms with Crippen LogP contribution in [0.3, 0.4) is 0 Å². The summed E-state index contributed by atoms with van der Waals surface area (Å²) >= 11 is 0. The lowest BCUT2D eigenvalue weighted by Crippen LogP contribution is -2.21. The van der Waals surface area contributed by atoms with Gasteiger partial charge in [0.15, 0.2) is 0 Å². The third kappa shape index (κ3) is 3.56. The molecule has 3 aromatic rings. The molecule has 144 valence electrons. The number of hydrogen-bond acceptors (Lipinski definition) is 6. The molecule has 1 aromatic carbocycles. The van der Waals surface area contributed by atoms with Gasteiger partial charge in [0.1, 0.15) is 23.8 Å². The van der Waals surface area contributed by atoms with Crippen LogP contribution in [0.1, 0.15) is 27.4 Å². The molecule has 8 heteroatoms. The molecule has 0 radical (unpaired) electrons. The molecule has 3 heterocycles. The van der Waals surface area contributed by atoms with Crippen molar-refractivity contribution < 1.29 is 24.2 Å². The fourth-order valence-corrected chi connectivity index (χ4v) is 2.89. The summed E-state index contributed by atoms with van der Waals surface area (Å²) in [6.45, 7) is -0.246. The van der Waals surface area contributed by atoms with Gasteiger partial charge >= 0.3 is 5.97 Å². The molecule has 0 spiro atoms. The largest absolute Gasteiger partial charge is 0.478 e. The maximum Gasteiger partial charge on any atom is 0.335 e. The maximum absolute atomic E-state index is 13.1. The van der Waals surface area contributed by atoms with Crippen LogP contribution in [0.2, 0.25) is 0 Å². The van der Waals surface area contributed by atoms with E-state index in [1.54, 1.807) is 42.7 Å². The predicted molar refractivity (Wildman–Crippen MR) is 104 cm³/mol. The third-order valence-electron chi connectivity index (χ3n) is 4.32. The monoisotopic (exact) mass is 389 g/mol. The topological polar surface area (TPSA) is 116 Å². The Morgan fingerprint density at radius 1 is 1.07 bits per heavy atom. The molecule has 1 aliphatic heterocycles. The van der Waals surface area contributed by atoms with Crippen LogP contribution < -0.4 is 5.01 Å². The molecular weight excluding hydrogens is 374 g/mol. The standard InChI is InChI=1S/C21H15N3O5/c25-12-17-6-5-16(29-17)11-18-19(13-7-9-22-10-8-13)23-24(20(18)26)15-3-1-14(2-4-15)21(27)28/h1-11,25H,12H2,(H,27,28)/b18-11-. The van der Waals surface area contributed by atoms with Crippen LogP contribution in [-0.2, 0) is 11.4 Å². The fourth-order valence-electron chi connectivity index (χ4n) is 2.89. The van der Waals surface area contributed by atoms with Gasteiger partial charge in [-0.1, -0.05) is 0 Å². The predicted octanol–water partition coefficient (Wildman–Crippen LogP) is 2.70. The summed E-state index contributed by atoms with van der Waals surface area (Å²) < 4.78 is 5.48. The number of carboxylic acids is 1. The quantitative estimate of drug-likeness (QED) is 0.648. The van der Waals surface area contributed by atoms with Crippen molar-refractivity contribution in [1.82, 2.24) is 4.98 Å². The number of nitrogens with zero attached hydrogens (tertiary/aromatic N) is 3. The minimum absolute atomic E-state index is 0.113. The lowest BCUT2D eigenvalue weighted by Gasteiger charge is -2.11. The van der Waals surface area contributed by atoms with E-state index in [4.69, 9.17) is 9.52 Å². The van der Waals surface area contributed by atoms with E-state index >= 15 is 0 Å². The van der Waals surface area contributed by atoms with Gasteiger partial charge in [-0.05, 0) is 54.6 Å². The number of carbonyl (C=O) groups excluding carboxylic acids is 1. The van der Waals surface area contributed by atoms with E-state index in [1.165, 1.54) is 29.3 Å². The van der Waals surface area contributed by atoms with Crippen molar-refractivity contribution in [3.63, 3.8) is 0 Å². The Labute approximate surface area is 165 Å². The molecule has 0 atom stereocenters. The van der Waals surface area contributed by atoms with Gasteiger partial charge in [-0.3, -0.25) is 9.78 Å². The number of pyridine rings is 1. The SMILES string of the molecule is O=C(O)c1ccc(N2N=C(c3ccncc3)/C(=C/c3ccc(CO)o3)C2=O)cc1. The molecule has 1 aliphatic rings. The number of aliphatic hydroxyl groups excluding tert-OH is 1. The van der Waals surface area contributed by atoms with E-state index in [0.717, 1.165) is 0 Å². The van der Waals surface area contributed by atoms with Crippen molar-refractivity contribution in [1.29, 1.82) is 0 Å². The Morgan fingerprint density at radius 3 is 2.41 bits per heavy atom. The zero-order valence-electron chi connectivity index (χ0n) is 15.0. The van der Waals surface area contributed by atoms with Gasteiger partial charge in [0.2, 0.25) is 0 Å². The summed E-state index contributed by atoms with van der Waals surface area (Å²) in [5.41, 5.74) is 1.98. The summed E-state index contributed by atoms with van der Waals surface area (Å²) in [6.07, 6.45) is 4.76. The Hall–Kier alpha value is -4.04. The zero-order chi connectivity index (χ0) is 20.4. The number of furan rings is 1. The van der Waals surface area contributed by atoms with Gasteiger partial charge < -0.3 is 14.6 Å². The lowest BCUT2D eigenvalue weighted by atomic mass is 10.0. The van der Waals surface area contributed by atoms with E-state index in [0.29, 0.717) is 34.1 Å². The summed E-state index contributed by atoms with van der Waals surface area (Å²) in [5, 5.41) is 23.9. The highest BCUT2D eigenvalue weighted by molar-refractivity contribution is 6.37. The van der Waals surface area contributed by atoms with Crippen molar-refractivity contribution in [2.24, 2.45) is 5.10 Å². The lowest BCUT2D eigenvalue weighted by molar-refractivity contribution is -0.114. The number of benzene rings is 1. The second-order valence-corrected chi connectivity index (χ2v) is 6.17. The Balaban J connectivity index is 1.77. The highest BCUT2D eigenvalue weighted by Gasteiger charge is 2.32. The normalized spacial score (nSPS) is 15.1. The molecule has 29 heavy (non-hydrogen) atoms. The molecule has 0 saturated carbocycles. The smallest absolute Gasteiger partial charge is 0.335 e. The van der Waals surface area contributed by atoms with Crippen LogP contribution in [0.25, 0.3) is 6.08 Å². The van der Waals surface area contributed by atoms with Gasteiger partial charge in [-0.15, -0.1) is 0 Å². The first-order valence-corrected chi connectivity index (χ1v) is 8.65. The minimum Gasteiger partial charge on any atom is -0.478 e. The van der Waals surface area contributed by atoms with Crippen molar-refractivity contribution in [3.05, 3.63) is 89.1 Å². The first-order valence-electron chi connectivity index (χ1n) is 8.65. The first kappa shape index (κ1) is 18.3. The third-order valence-corrected chi connectivity index (χ3v) is 4.32. The Morgan fingerprint density at radius 2 is 1.79 bits per heavy atom. The summed E-state index contributed by atoms with van der Waals surface area (Å²) in [7, 11) is 0. The van der Waals surface area contributed by atoms with Crippen LogP contribution in [-0.4, -0.2) is 32.8 Å². The van der Waals surface area contributed by atoms with E-state index in [-0.39, 0.29) is 18.1 Å². The van der Waals surface area contributed by atoms with E-state index in [9.17, 15) is 14.7 Å². The van der Waals surface area contributed by atoms with Crippen molar-refractivity contribution >= 4 is 29.4 Å². The molecule has 0 bridgehead atoms. The molecule has 8 nitrogen and oxygen atoms in total. The number of carboxylic acid groups (broad SMARTS) is 1. The van der Waals surface area contributed by atoms with Crippen molar-refractivity contribution in [2.75, 3.05) is 5.01 Å². The van der Waals surface area contributed by atoms with Gasteiger partial charge in [0.25, 0.3) is 5.91 Å². The number of carbonyl (C=O) groups is 2. The average molecular weight is 389 g/mol. The number of amides is 1. The second kappa shape index (κ2) is 7.53. The van der Waals surface area contributed by atoms with Crippen LogP contribution in [0, 0.1) is 0 Å². The number of aromatic carboxylic acids is 1. The molecule has 0 unspecified atom stereocenters. The Kier molecular flexibility index (Phi) is 4.76. The number of hydrazone groups is 1. The number of aliphatic hydroxyl groups is 1. The summed E-state index contributed by atoms with van der Waals surface area (Å²) in [6, 6.07) is 12.6. The molecule has 0 saturated heterocycles. The van der Waals surface area contributed by atoms with Gasteiger partial charge in [-0.25, -0.2) is 4.79 Å². The van der Waals surface area contributed by atoms with Gasteiger partial charge in [-0.2, -0.15) is 10.1 Å². The van der Waals surface area contributed by atoms with Crippen molar-refractivity contribution in [3.8, 4) is 0 Å². The van der Waals surface area contributed by atoms with Crippen LogP contribution in [0.4, 0.5) is 5.69 Å². The molecule has 1 amide bonds. The van der Waals surface area contributed by atoms with E-state index in [1.807, 2.05) is 0 Å². The van der Waals surface area contributed by atoms with Crippen LogP contribution in [0.15, 0.2) is 76.0 Å². The first-order chi connectivity index (χ1) is 14.1. The minimum atomic E-state index is -1.05. The van der Waals surface area contributed by atoms with Crippen LogP contribution in [0.5, 0.6) is 0 Å². The molecule has 2 aromatic heterocycles. The van der Waals surface area contributed by atoms with Crippen LogP contribution >= 0.6 is 0 Å². The maximum atomic E-state index is 13.1. The number of rotatable bonds is 5. The highest BCUT2D eigenvalue weighted by Crippen LogP contribution is 2.28. The molecule has 4 rings (SSSR count). The van der Waals surface area contributed by atoms with E-state index in [2.05, 4.69) is 10.1 Å². The van der Waals surface area contributed by atoms with Gasteiger partial charge in [0.05, 0.1) is 16.8 Å². The molecule has 0 fully saturated rings. The number of anilines is 1. The molecular formula is C21H15N3O5.